The molecule has 0 aliphatic rings. The van der Waals surface area contributed by atoms with E-state index in [0.717, 1.165) is 18.8 Å². The summed E-state index contributed by atoms with van der Waals surface area (Å²) in [4.78, 5) is 14.1. The number of carbonyl (C=O) groups is 1. The van der Waals surface area contributed by atoms with Crippen LogP contribution in [0.3, 0.4) is 0 Å². The molecular weight excluding hydrogens is 208 g/mol. The lowest BCUT2D eigenvalue weighted by atomic mass is 10.4. The van der Waals surface area contributed by atoms with Gasteiger partial charge in [-0.25, -0.2) is 4.79 Å². The van der Waals surface area contributed by atoms with Crippen LogP contribution in [0.5, 0.6) is 0 Å². The molecule has 0 spiro atoms. The van der Waals surface area contributed by atoms with E-state index >= 15 is 0 Å². The van der Waals surface area contributed by atoms with Gasteiger partial charge in [0.05, 0.1) is 13.7 Å². The van der Waals surface area contributed by atoms with E-state index in [0.29, 0.717) is 18.8 Å². The van der Waals surface area contributed by atoms with E-state index in [2.05, 4.69) is 15.0 Å². The Bertz CT molecular complexity index is 323. The average molecular weight is 226 g/mol. The molecule has 1 rings (SSSR count). The molecule has 5 heteroatoms. The van der Waals surface area contributed by atoms with Crippen molar-refractivity contribution in [1.82, 2.24) is 10.3 Å². The number of nitrogens with one attached hydrogen (secondary N) is 2. The van der Waals surface area contributed by atoms with Crippen LogP contribution in [0.4, 0.5) is 0 Å². The third-order valence-electron chi connectivity index (χ3n) is 2.09. The quantitative estimate of drug-likeness (QED) is 0.536. The van der Waals surface area contributed by atoms with Crippen molar-refractivity contribution in [2.75, 3.05) is 26.9 Å². The lowest BCUT2D eigenvalue weighted by Crippen LogP contribution is -2.19. The van der Waals surface area contributed by atoms with E-state index in [-0.39, 0.29) is 5.97 Å². The summed E-state index contributed by atoms with van der Waals surface area (Å²) in [6.45, 7) is 4.87. The van der Waals surface area contributed by atoms with E-state index in [4.69, 9.17) is 4.74 Å². The molecule has 5 nitrogen and oxygen atoms in total. The molecule has 16 heavy (non-hydrogen) atoms. The second-order valence-corrected chi connectivity index (χ2v) is 3.26. The average Bonchev–Trinajstić information content (AvgIpc) is 2.76. The summed E-state index contributed by atoms with van der Waals surface area (Å²) in [6, 6.07) is 3.57. The predicted octanol–water partition coefficient (Wildman–Crippen LogP) is 0.927. The molecule has 1 heterocycles. The van der Waals surface area contributed by atoms with E-state index in [1.807, 2.05) is 13.0 Å². The Kier molecular flexibility index (Phi) is 5.60. The van der Waals surface area contributed by atoms with Crippen LogP contribution in [0, 0.1) is 0 Å². The number of ether oxygens (including phenoxy) is 2. The first-order valence-electron chi connectivity index (χ1n) is 5.32. The molecule has 1 aromatic rings. The molecule has 0 atom stereocenters. The Labute approximate surface area is 95.1 Å². The summed E-state index contributed by atoms with van der Waals surface area (Å²) in [5, 5.41) is 3.20. The third-order valence-corrected chi connectivity index (χ3v) is 2.09. The Morgan fingerprint density at radius 1 is 1.50 bits per heavy atom. The van der Waals surface area contributed by atoms with Gasteiger partial charge in [0.2, 0.25) is 0 Å². The minimum atomic E-state index is -0.347. The fraction of sp³-hybridized carbons (Fsp3) is 0.545. The summed E-state index contributed by atoms with van der Waals surface area (Å²) < 4.78 is 9.78. The van der Waals surface area contributed by atoms with Gasteiger partial charge in [-0.3, -0.25) is 0 Å². The number of H-pyrrole nitrogens is 1. The van der Waals surface area contributed by atoms with E-state index in [1.54, 1.807) is 6.07 Å². The molecule has 0 aliphatic heterocycles. The Morgan fingerprint density at radius 2 is 2.31 bits per heavy atom. The zero-order valence-electron chi connectivity index (χ0n) is 9.71. The monoisotopic (exact) mass is 226 g/mol. The molecule has 0 saturated carbocycles. The van der Waals surface area contributed by atoms with Crippen molar-refractivity contribution in [1.29, 1.82) is 0 Å². The van der Waals surface area contributed by atoms with E-state index < -0.39 is 0 Å². The molecule has 0 fully saturated rings. The molecule has 1 aromatic heterocycles. The van der Waals surface area contributed by atoms with Crippen molar-refractivity contribution in [3.05, 3.63) is 23.5 Å². The summed E-state index contributed by atoms with van der Waals surface area (Å²) in [5.41, 5.74) is 1.43. The van der Waals surface area contributed by atoms with Gasteiger partial charge in [-0.2, -0.15) is 0 Å². The lowest BCUT2D eigenvalue weighted by Gasteiger charge is -2.03. The fourth-order valence-corrected chi connectivity index (χ4v) is 1.28. The normalized spacial score (nSPS) is 10.4. The van der Waals surface area contributed by atoms with Crippen molar-refractivity contribution in [3.8, 4) is 0 Å². The fourth-order valence-electron chi connectivity index (χ4n) is 1.28. The van der Waals surface area contributed by atoms with Crippen LogP contribution >= 0.6 is 0 Å². The van der Waals surface area contributed by atoms with Gasteiger partial charge in [0.1, 0.15) is 5.69 Å². The van der Waals surface area contributed by atoms with Gasteiger partial charge in [0, 0.05) is 25.4 Å². The molecule has 0 unspecified atom stereocenters. The highest BCUT2D eigenvalue weighted by atomic mass is 16.5. The van der Waals surface area contributed by atoms with Crippen LogP contribution in [-0.2, 0) is 16.0 Å². The van der Waals surface area contributed by atoms with Gasteiger partial charge in [-0.1, -0.05) is 0 Å². The van der Waals surface area contributed by atoms with Gasteiger partial charge >= 0.3 is 5.97 Å². The maximum atomic E-state index is 11.1. The van der Waals surface area contributed by atoms with Gasteiger partial charge in [0.15, 0.2) is 0 Å². The summed E-state index contributed by atoms with van der Waals surface area (Å²) in [6.07, 6.45) is 0. The molecule has 0 amide bonds. The number of rotatable bonds is 7. The number of esters is 1. The van der Waals surface area contributed by atoms with Crippen molar-refractivity contribution in [2.45, 2.75) is 13.5 Å². The number of aromatic amines is 1. The predicted molar refractivity (Wildman–Crippen MR) is 60.3 cm³/mol. The van der Waals surface area contributed by atoms with Crippen LogP contribution in [0.15, 0.2) is 12.1 Å². The largest absolute Gasteiger partial charge is 0.464 e. The summed E-state index contributed by atoms with van der Waals surface area (Å²) >= 11 is 0. The first-order chi connectivity index (χ1) is 7.77. The molecular formula is C11H18N2O3. The zero-order valence-corrected chi connectivity index (χ0v) is 9.71. The molecule has 0 saturated heterocycles. The summed E-state index contributed by atoms with van der Waals surface area (Å²) in [5.74, 6) is -0.347. The highest BCUT2D eigenvalue weighted by molar-refractivity contribution is 5.87. The van der Waals surface area contributed by atoms with Crippen LogP contribution in [-0.4, -0.2) is 37.8 Å². The van der Waals surface area contributed by atoms with Crippen molar-refractivity contribution in [2.24, 2.45) is 0 Å². The maximum Gasteiger partial charge on any atom is 0.354 e. The minimum Gasteiger partial charge on any atom is -0.464 e. The number of methoxy groups -OCH3 is 1. The summed E-state index contributed by atoms with van der Waals surface area (Å²) in [7, 11) is 1.36. The maximum absolute atomic E-state index is 11.1. The zero-order chi connectivity index (χ0) is 11.8. The van der Waals surface area contributed by atoms with Crippen molar-refractivity contribution < 1.29 is 14.3 Å². The molecule has 0 aliphatic carbocycles. The second-order valence-electron chi connectivity index (χ2n) is 3.26. The van der Waals surface area contributed by atoms with Gasteiger partial charge in [0.25, 0.3) is 0 Å². The van der Waals surface area contributed by atoms with Crippen molar-refractivity contribution in [3.63, 3.8) is 0 Å². The minimum absolute atomic E-state index is 0.347. The first-order valence-corrected chi connectivity index (χ1v) is 5.32. The van der Waals surface area contributed by atoms with Crippen LogP contribution in [0.1, 0.15) is 23.1 Å². The Balaban J connectivity index is 2.27. The Hall–Kier alpha value is -1.33. The molecule has 0 bridgehead atoms. The standard InChI is InChI=1S/C11H18N2O3/c1-3-16-7-6-12-8-9-4-5-10(13-9)11(14)15-2/h4-5,12-13H,3,6-8H2,1-2H3. The molecule has 0 aromatic carbocycles. The number of carbonyl (C=O) groups excluding carboxylic acids is 1. The van der Waals surface area contributed by atoms with Crippen LogP contribution in [0.2, 0.25) is 0 Å². The number of aromatic nitrogens is 1. The van der Waals surface area contributed by atoms with E-state index in [1.165, 1.54) is 7.11 Å². The smallest absolute Gasteiger partial charge is 0.354 e. The molecule has 0 radical (unpaired) electrons. The molecule has 2 N–H and O–H groups in total. The van der Waals surface area contributed by atoms with E-state index in [9.17, 15) is 4.79 Å². The van der Waals surface area contributed by atoms with Gasteiger partial charge in [-0.05, 0) is 19.1 Å². The van der Waals surface area contributed by atoms with Crippen molar-refractivity contribution >= 4 is 5.97 Å². The molecule has 90 valence electrons. The number of hydrogen-bond acceptors (Lipinski definition) is 4. The second kappa shape index (κ2) is 7.03. The van der Waals surface area contributed by atoms with Crippen LogP contribution < -0.4 is 5.32 Å². The van der Waals surface area contributed by atoms with Gasteiger partial charge < -0.3 is 19.8 Å². The third kappa shape index (κ3) is 4.04. The van der Waals surface area contributed by atoms with Crippen LogP contribution in [0.25, 0.3) is 0 Å². The lowest BCUT2D eigenvalue weighted by molar-refractivity contribution is 0.0594. The highest BCUT2D eigenvalue weighted by Gasteiger charge is 2.07. The highest BCUT2D eigenvalue weighted by Crippen LogP contribution is 2.02. The SMILES string of the molecule is CCOCCNCc1ccc(C(=O)OC)[nH]1. The first kappa shape index (κ1) is 12.7. The topological polar surface area (TPSA) is 63.4 Å². The number of hydrogen-bond donors (Lipinski definition) is 2. The Morgan fingerprint density at radius 3 is 3.00 bits per heavy atom. The van der Waals surface area contributed by atoms with Gasteiger partial charge in [-0.15, -0.1) is 0 Å².